The van der Waals surface area contributed by atoms with E-state index < -0.39 is 6.10 Å². The normalized spacial score (nSPS) is 13.7. The number of benzene rings is 2. The molecule has 0 amide bonds. The summed E-state index contributed by atoms with van der Waals surface area (Å²) < 4.78 is 18.4. The first kappa shape index (κ1) is 19.4. The highest BCUT2D eigenvalue weighted by atomic mass is 16.7. The molecule has 6 nitrogen and oxygen atoms in total. The summed E-state index contributed by atoms with van der Waals surface area (Å²) >= 11 is 0. The van der Waals surface area contributed by atoms with Crippen molar-refractivity contribution in [3.63, 3.8) is 0 Å². The summed E-state index contributed by atoms with van der Waals surface area (Å²) in [5.74, 6) is 2.38. The van der Waals surface area contributed by atoms with Gasteiger partial charge in [-0.2, -0.15) is 0 Å². The van der Waals surface area contributed by atoms with Gasteiger partial charge in [0.25, 0.3) is 0 Å². The third-order valence-corrected chi connectivity index (χ3v) is 4.92. The molecule has 0 saturated heterocycles. The second kappa shape index (κ2) is 8.59. The molecule has 1 aliphatic rings. The maximum atomic E-state index is 10.0. The monoisotopic (exact) mass is 394 g/mol. The molecule has 1 aromatic heterocycles. The SMILES string of the molecule is COc1cccc(-n2cccc2CN(Cc2ccc3c(c2)OCO3)CC(C)O)c1. The number of hydrogen-bond acceptors (Lipinski definition) is 5. The van der Waals surface area contributed by atoms with Crippen LogP contribution in [0.4, 0.5) is 0 Å². The van der Waals surface area contributed by atoms with Gasteiger partial charge in [-0.1, -0.05) is 12.1 Å². The fourth-order valence-electron chi connectivity index (χ4n) is 3.64. The zero-order valence-corrected chi connectivity index (χ0v) is 16.7. The third kappa shape index (κ3) is 4.55. The molecular weight excluding hydrogens is 368 g/mol. The quantitative estimate of drug-likeness (QED) is 0.633. The van der Waals surface area contributed by atoms with Crippen LogP contribution in [0.3, 0.4) is 0 Å². The van der Waals surface area contributed by atoms with E-state index in [2.05, 4.69) is 21.6 Å². The van der Waals surface area contributed by atoms with Gasteiger partial charge in [0.05, 0.1) is 13.2 Å². The van der Waals surface area contributed by atoms with Crippen LogP contribution in [-0.4, -0.2) is 41.1 Å². The van der Waals surface area contributed by atoms with Crippen molar-refractivity contribution in [1.82, 2.24) is 9.47 Å². The van der Waals surface area contributed by atoms with Gasteiger partial charge in [-0.05, 0) is 48.9 Å². The lowest BCUT2D eigenvalue weighted by Gasteiger charge is -2.25. The van der Waals surface area contributed by atoms with Gasteiger partial charge in [0.2, 0.25) is 6.79 Å². The van der Waals surface area contributed by atoms with Crippen LogP contribution in [0.2, 0.25) is 0 Å². The van der Waals surface area contributed by atoms with E-state index in [1.807, 2.05) is 55.6 Å². The number of aliphatic hydroxyl groups is 1. The predicted molar refractivity (Wildman–Crippen MR) is 111 cm³/mol. The van der Waals surface area contributed by atoms with Crippen LogP contribution in [0.15, 0.2) is 60.8 Å². The van der Waals surface area contributed by atoms with E-state index in [4.69, 9.17) is 14.2 Å². The fourth-order valence-corrected chi connectivity index (χ4v) is 3.64. The third-order valence-electron chi connectivity index (χ3n) is 4.92. The van der Waals surface area contributed by atoms with E-state index in [1.54, 1.807) is 7.11 Å². The Morgan fingerprint density at radius 2 is 1.93 bits per heavy atom. The minimum atomic E-state index is -0.427. The molecule has 4 rings (SSSR count). The molecule has 1 N–H and O–H groups in total. The van der Waals surface area contributed by atoms with E-state index >= 15 is 0 Å². The lowest BCUT2D eigenvalue weighted by Crippen LogP contribution is -2.31. The highest BCUT2D eigenvalue weighted by molar-refractivity contribution is 5.44. The average Bonchev–Trinajstić information content (AvgIpc) is 3.36. The molecular formula is C23H26N2O4. The Kier molecular flexibility index (Phi) is 5.74. The van der Waals surface area contributed by atoms with Crippen molar-refractivity contribution in [2.75, 3.05) is 20.4 Å². The number of hydrogen-bond donors (Lipinski definition) is 1. The Morgan fingerprint density at radius 3 is 2.76 bits per heavy atom. The van der Waals surface area contributed by atoms with Crippen LogP contribution < -0.4 is 14.2 Å². The Hall–Kier alpha value is -2.96. The molecule has 29 heavy (non-hydrogen) atoms. The van der Waals surface area contributed by atoms with Gasteiger partial charge in [-0.15, -0.1) is 0 Å². The van der Waals surface area contributed by atoms with Crippen LogP contribution in [0.1, 0.15) is 18.2 Å². The standard InChI is InChI=1S/C23H26N2O4/c1-17(26)13-24(14-18-8-9-22-23(11-18)29-16-28-22)15-20-6-4-10-25(20)19-5-3-7-21(12-19)27-2/h3-12,17,26H,13-16H2,1-2H3. The van der Waals surface area contributed by atoms with Crippen molar-refractivity contribution in [2.45, 2.75) is 26.1 Å². The molecule has 0 bridgehead atoms. The summed E-state index contributed by atoms with van der Waals surface area (Å²) in [5, 5.41) is 10.0. The van der Waals surface area contributed by atoms with Crippen molar-refractivity contribution in [1.29, 1.82) is 0 Å². The van der Waals surface area contributed by atoms with Crippen molar-refractivity contribution in [3.8, 4) is 22.9 Å². The van der Waals surface area contributed by atoms with Gasteiger partial charge >= 0.3 is 0 Å². The second-order valence-corrected chi connectivity index (χ2v) is 7.28. The van der Waals surface area contributed by atoms with Gasteiger partial charge in [0, 0.05) is 43.3 Å². The smallest absolute Gasteiger partial charge is 0.231 e. The number of aromatic nitrogens is 1. The van der Waals surface area contributed by atoms with Gasteiger partial charge < -0.3 is 23.9 Å². The summed E-state index contributed by atoms with van der Waals surface area (Å²) in [5.41, 5.74) is 3.30. The van der Waals surface area contributed by atoms with Crippen molar-refractivity contribution in [2.24, 2.45) is 0 Å². The van der Waals surface area contributed by atoms with Gasteiger partial charge in [0.15, 0.2) is 11.5 Å². The number of fused-ring (bicyclic) bond motifs is 1. The molecule has 0 radical (unpaired) electrons. The fraction of sp³-hybridized carbons (Fsp3) is 0.304. The van der Waals surface area contributed by atoms with E-state index in [1.165, 1.54) is 0 Å². The summed E-state index contributed by atoms with van der Waals surface area (Å²) in [6.45, 7) is 4.05. The molecule has 0 aliphatic carbocycles. The maximum Gasteiger partial charge on any atom is 0.231 e. The van der Waals surface area contributed by atoms with Crippen LogP contribution in [0.25, 0.3) is 5.69 Å². The molecule has 1 unspecified atom stereocenters. The molecule has 3 aromatic rings. The molecule has 2 heterocycles. The van der Waals surface area contributed by atoms with Crippen molar-refractivity contribution < 1.29 is 19.3 Å². The lowest BCUT2D eigenvalue weighted by atomic mass is 10.1. The first-order chi connectivity index (χ1) is 14.1. The Labute approximate surface area is 170 Å². The summed E-state index contributed by atoms with van der Waals surface area (Å²) in [7, 11) is 1.67. The molecule has 1 atom stereocenters. The van der Waals surface area contributed by atoms with Crippen LogP contribution in [0, 0.1) is 0 Å². The minimum Gasteiger partial charge on any atom is -0.497 e. The Morgan fingerprint density at radius 1 is 1.07 bits per heavy atom. The molecule has 152 valence electrons. The molecule has 6 heteroatoms. The van der Waals surface area contributed by atoms with Crippen molar-refractivity contribution >= 4 is 0 Å². The molecule has 0 fully saturated rings. The Balaban J connectivity index is 1.55. The second-order valence-electron chi connectivity index (χ2n) is 7.28. The largest absolute Gasteiger partial charge is 0.497 e. The molecule has 0 spiro atoms. The Bertz CT molecular complexity index is 967. The topological polar surface area (TPSA) is 56.1 Å². The number of rotatable bonds is 8. The number of methoxy groups -OCH3 is 1. The zero-order chi connectivity index (χ0) is 20.2. The maximum absolute atomic E-state index is 10.0. The highest BCUT2D eigenvalue weighted by Gasteiger charge is 2.17. The zero-order valence-electron chi connectivity index (χ0n) is 16.7. The summed E-state index contributed by atoms with van der Waals surface area (Å²) in [6.07, 6.45) is 1.62. The number of nitrogens with zero attached hydrogens (tertiary/aromatic N) is 2. The van der Waals surface area contributed by atoms with Crippen LogP contribution in [0.5, 0.6) is 17.2 Å². The first-order valence-corrected chi connectivity index (χ1v) is 9.72. The van der Waals surface area contributed by atoms with Gasteiger partial charge in [-0.3, -0.25) is 4.90 Å². The minimum absolute atomic E-state index is 0.268. The van der Waals surface area contributed by atoms with E-state index in [9.17, 15) is 5.11 Å². The lowest BCUT2D eigenvalue weighted by molar-refractivity contribution is 0.117. The van der Waals surface area contributed by atoms with Gasteiger partial charge in [0.1, 0.15) is 5.75 Å². The van der Waals surface area contributed by atoms with E-state index in [0.29, 0.717) is 19.6 Å². The van der Waals surface area contributed by atoms with Crippen molar-refractivity contribution in [3.05, 3.63) is 72.1 Å². The van der Waals surface area contributed by atoms with Crippen LogP contribution in [-0.2, 0) is 13.1 Å². The number of ether oxygens (including phenoxy) is 3. The summed E-state index contributed by atoms with van der Waals surface area (Å²) in [4.78, 5) is 2.23. The number of aliphatic hydroxyl groups excluding tert-OH is 1. The van der Waals surface area contributed by atoms with Gasteiger partial charge in [-0.25, -0.2) is 0 Å². The summed E-state index contributed by atoms with van der Waals surface area (Å²) in [6, 6.07) is 18.1. The van der Waals surface area contributed by atoms with E-state index in [0.717, 1.165) is 34.2 Å². The highest BCUT2D eigenvalue weighted by Crippen LogP contribution is 2.33. The first-order valence-electron chi connectivity index (χ1n) is 9.72. The predicted octanol–water partition coefficient (Wildman–Crippen LogP) is 3.60. The average molecular weight is 394 g/mol. The van der Waals surface area contributed by atoms with E-state index in [-0.39, 0.29) is 6.79 Å². The van der Waals surface area contributed by atoms with Crippen LogP contribution >= 0.6 is 0 Å². The molecule has 1 aliphatic heterocycles. The molecule has 0 saturated carbocycles. The molecule has 2 aromatic carbocycles.